The number of carbonyl (C=O) groups excluding carboxylic acids is 1. The number of fused-ring (bicyclic) bond motifs is 1. The lowest BCUT2D eigenvalue weighted by atomic mass is 10.2. The first-order valence-corrected chi connectivity index (χ1v) is 6.84. The highest BCUT2D eigenvalue weighted by molar-refractivity contribution is 5.92. The van der Waals surface area contributed by atoms with Crippen molar-refractivity contribution in [2.45, 2.75) is 38.6 Å². The summed E-state index contributed by atoms with van der Waals surface area (Å²) in [5.41, 5.74) is 0.536. The van der Waals surface area contributed by atoms with Gasteiger partial charge in [-0.15, -0.1) is 0 Å². The second-order valence-corrected chi connectivity index (χ2v) is 5.00. The Labute approximate surface area is 107 Å². The minimum absolute atomic E-state index is 0.0578. The van der Waals surface area contributed by atoms with E-state index >= 15 is 0 Å². The number of hydrogen-bond donors (Lipinski definition) is 0. The second-order valence-electron chi connectivity index (χ2n) is 5.00. The minimum atomic E-state index is 0.0578. The van der Waals surface area contributed by atoms with E-state index < -0.39 is 0 Å². The quantitative estimate of drug-likeness (QED) is 0.761. The molecule has 18 heavy (non-hydrogen) atoms. The number of hydrogen-bond acceptors (Lipinski definition) is 3. The molecule has 2 aliphatic heterocycles. The Morgan fingerprint density at radius 1 is 1.11 bits per heavy atom. The molecule has 1 saturated heterocycles. The molecular formula is C13H19N3O2. The van der Waals surface area contributed by atoms with E-state index in [0.717, 1.165) is 51.4 Å². The monoisotopic (exact) mass is 249 g/mol. The Morgan fingerprint density at radius 2 is 1.89 bits per heavy atom. The fourth-order valence-electron chi connectivity index (χ4n) is 2.61. The first-order chi connectivity index (χ1) is 8.84. The Balaban J connectivity index is 1.76. The van der Waals surface area contributed by atoms with E-state index in [1.54, 1.807) is 10.7 Å². The summed E-state index contributed by atoms with van der Waals surface area (Å²) < 4.78 is 7.30. The van der Waals surface area contributed by atoms with Crippen molar-refractivity contribution in [1.29, 1.82) is 0 Å². The van der Waals surface area contributed by atoms with Crippen LogP contribution < -0.4 is 4.74 Å². The van der Waals surface area contributed by atoms with Crippen LogP contribution >= 0.6 is 0 Å². The van der Waals surface area contributed by atoms with Crippen molar-refractivity contribution in [3.05, 3.63) is 11.8 Å². The Morgan fingerprint density at radius 3 is 2.61 bits per heavy atom. The third-order valence-corrected chi connectivity index (χ3v) is 3.62. The van der Waals surface area contributed by atoms with E-state index in [4.69, 9.17) is 4.74 Å². The van der Waals surface area contributed by atoms with Crippen LogP contribution in [0.5, 0.6) is 5.88 Å². The molecule has 0 bridgehead atoms. The number of ether oxygens (including phenoxy) is 1. The standard InChI is InChI=1S/C13H19N3O2/c17-13(15-6-3-1-2-4-7-15)11-10-12-16(14-11)8-5-9-18-12/h10H,1-9H2. The van der Waals surface area contributed by atoms with E-state index in [1.165, 1.54) is 12.8 Å². The van der Waals surface area contributed by atoms with Crippen LogP contribution in [0.4, 0.5) is 0 Å². The van der Waals surface area contributed by atoms with Crippen molar-refractivity contribution in [3.63, 3.8) is 0 Å². The molecule has 3 heterocycles. The van der Waals surface area contributed by atoms with E-state index in [9.17, 15) is 4.79 Å². The predicted molar refractivity (Wildman–Crippen MR) is 66.7 cm³/mol. The van der Waals surface area contributed by atoms with E-state index in [1.807, 2.05) is 4.90 Å². The molecule has 0 N–H and O–H groups in total. The van der Waals surface area contributed by atoms with Gasteiger partial charge in [0.15, 0.2) is 5.69 Å². The van der Waals surface area contributed by atoms with Gasteiger partial charge in [-0.1, -0.05) is 12.8 Å². The minimum Gasteiger partial charge on any atom is -0.478 e. The third-order valence-electron chi connectivity index (χ3n) is 3.62. The SMILES string of the molecule is O=C(c1cc2n(n1)CCCO2)N1CCCCCC1. The number of likely N-dealkylation sites (tertiary alicyclic amines) is 1. The lowest BCUT2D eigenvalue weighted by Gasteiger charge is -2.18. The molecule has 98 valence electrons. The number of nitrogens with zero attached hydrogens (tertiary/aromatic N) is 3. The molecule has 0 atom stereocenters. The average molecular weight is 249 g/mol. The van der Waals surface area contributed by atoms with Gasteiger partial charge >= 0.3 is 0 Å². The number of aromatic nitrogens is 2. The summed E-state index contributed by atoms with van der Waals surface area (Å²) in [5.74, 6) is 0.793. The van der Waals surface area contributed by atoms with Crippen LogP contribution in [0.25, 0.3) is 0 Å². The summed E-state index contributed by atoms with van der Waals surface area (Å²) in [5, 5.41) is 4.36. The summed E-state index contributed by atoms with van der Waals surface area (Å²) >= 11 is 0. The van der Waals surface area contributed by atoms with E-state index in [2.05, 4.69) is 5.10 Å². The van der Waals surface area contributed by atoms with Crippen molar-refractivity contribution in [1.82, 2.24) is 14.7 Å². The molecule has 0 unspecified atom stereocenters. The first kappa shape index (κ1) is 11.6. The van der Waals surface area contributed by atoms with Gasteiger partial charge in [0.1, 0.15) is 0 Å². The summed E-state index contributed by atoms with van der Waals surface area (Å²) in [7, 11) is 0. The van der Waals surface area contributed by atoms with Gasteiger partial charge in [-0.25, -0.2) is 4.68 Å². The van der Waals surface area contributed by atoms with Crippen molar-refractivity contribution in [3.8, 4) is 5.88 Å². The highest BCUT2D eigenvalue weighted by Crippen LogP contribution is 2.20. The zero-order valence-electron chi connectivity index (χ0n) is 10.6. The van der Waals surface area contributed by atoms with Gasteiger partial charge < -0.3 is 9.64 Å². The molecular weight excluding hydrogens is 230 g/mol. The largest absolute Gasteiger partial charge is 0.478 e. The summed E-state index contributed by atoms with van der Waals surface area (Å²) in [4.78, 5) is 14.3. The van der Waals surface area contributed by atoms with Crippen molar-refractivity contribution >= 4 is 5.91 Å². The van der Waals surface area contributed by atoms with Gasteiger partial charge in [-0.3, -0.25) is 4.79 Å². The highest BCUT2D eigenvalue weighted by Gasteiger charge is 2.22. The molecule has 5 nitrogen and oxygen atoms in total. The fourth-order valence-corrected chi connectivity index (χ4v) is 2.61. The van der Waals surface area contributed by atoms with Crippen LogP contribution in [0.1, 0.15) is 42.6 Å². The van der Waals surface area contributed by atoms with Crippen LogP contribution in [0.2, 0.25) is 0 Å². The van der Waals surface area contributed by atoms with Gasteiger partial charge in [-0.05, 0) is 12.8 Å². The van der Waals surface area contributed by atoms with Gasteiger partial charge in [0.05, 0.1) is 6.61 Å². The molecule has 3 rings (SSSR count). The highest BCUT2D eigenvalue weighted by atomic mass is 16.5. The summed E-state index contributed by atoms with van der Waals surface area (Å²) in [6.07, 6.45) is 5.64. The zero-order chi connectivity index (χ0) is 12.4. The van der Waals surface area contributed by atoms with Crippen LogP contribution in [-0.4, -0.2) is 40.3 Å². The van der Waals surface area contributed by atoms with Crippen LogP contribution in [0.3, 0.4) is 0 Å². The molecule has 5 heteroatoms. The maximum Gasteiger partial charge on any atom is 0.274 e. The Kier molecular flexibility index (Phi) is 3.21. The van der Waals surface area contributed by atoms with Gasteiger partial charge in [0.2, 0.25) is 5.88 Å². The van der Waals surface area contributed by atoms with Gasteiger partial charge in [0.25, 0.3) is 5.91 Å². The molecule has 1 aromatic rings. The molecule has 0 aliphatic carbocycles. The molecule has 0 radical (unpaired) electrons. The molecule has 1 fully saturated rings. The lowest BCUT2D eigenvalue weighted by molar-refractivity contribution is 0.0754. The maximum absolute atomic E-state index is 12.4. The molecule has 2 aliphatic rings. The smallest absolute Gasteiger partial charge is 0.274 e. The predicted octanol–water partition coefficient (Wildman–Crippen LogP) is 1.68. The Bertz CT molecular complexity index is 410. The fraction of sp³-hybridized carbons (Fsp3) is 0.692. The molecule has 1 aromatic heterocycles. The van der Waals surface area contributed by atoms with Crippen molar-refractivity contribution in [2.75, 3.05) is 19.7 Å². The van der Waals surface area contributed by atoms with Gasteiger partial charge in [0, 0.05) is 32.1 Å². The number of amides is 1. The maximum atomic E-state index is 12.4. The number of aryl methyl sites for hydroxylation is 1. The lowest BCUT2D eigenvalue weighted by Crippen LogP contribution is -2.32. The van der Waals surface area contributed by atoms with Gasteiger partial charge in [-0.2, -0.15) is 5.10 Å². The van der Waals surface area contributed by atoms with E-state index in [0.29, 0.717) is 5.69 Å². The van der Waals surface area contributed by atoms with Crippen LogP contribution in [-0.2, 0) is 6.54 Å². The first-order valence-electron chi connectivity index (χ1n) is 6.84. The van der Waals surface area contributed by atoms with Crippen molar-refractivity contribution < 1.29 is 9.53 Å². The topological polar surface area (TPSA) is 47.4 Å². The summed E-state index contributed by atoms with van der Waals surface area (Å²) in [6.45, 7) is 3.30. The van der Waals surface area contributed by atoms with Crippen LogP contribution in [0.15, 0.2) is 6.07 Å². The molecule has 1 amide bonds. The second kappa shape index (κ2) is 5.00. The Hall–Kier alpha value is -1.52. The van der Waals surface area contributed by atoms with E-state index in [-0.39, 0.29) is 5.91 Å². The van der Waals surface area contributed by atoms with Crippen molar-refractivity contribution in [2.24, 2.45) is 0 Å². The summed E-state index contributed by atoms with van der Waals surface area (Å²) in [6, 6.07) is 1.78. The molecule has 0 saturated carbocycles. The molecule has 0 spiro atoms. The van der Waals surface area contributed by atoms with Crippen LogP contribution in [0, 0.1) is 0 Å². The number of rotatable bonds is 1. The molecule has 0 aromatic carbocycles. The third kappa shape index (κ3) is 2.21. The average Bonchev–Trinajstić information content (AvgIpc) is 2.64. The normalized spacial score (nSPS) is 19.9. The zero-order valence-corrected chi connectivity index (χ0v) is 10.6. The number of carbonyl (C=O) groups is 1.